The largest absolute Gasteiger partial charge is 0.496 e. The van der Waals surface area contributed by atoms with Gasteiger partial charge < -0.3 is 9.15 Å². The molecule has 2 aromatic carbocycles. The second-order valence-electron chi connectivity index (χ2n) is 5.05. The standard InChI is InChI=1S/C18H16N2O3/c1-12-7-8-15(23-12)11-19-20-18(21)16-9-13-5-3-4-6-14(13)10-17(16)22-2/h3-11H,1-2H3,(H,20,21)/b19-11+. The average molecular weight is 308 g/mol. The maximum Gasteiger partial charge on any atom is 0.275 e. The number of carbonyl (C=O) groups is 1. The number of fused-ring (bicyclic) bond motifs is 1. The van der Waals surface area contributed by atoms with Crippen LogP contribution >= 0.6 is 0 Å². The summed E-state index contributed by atoms with van der Waals surface area (Å²) in [4.78, 5) is 12.3. The molecule has 0 fully saturated rings. The minimum absolute atomic E-state index is 0.341. The summed E-state index contributed by atoms with van der Waals surface area (Å²) in [5.41, 5.74) is 2.92. The van der Waals surface area contributed by atoms with Crippen LogP contribution in [0.1, 0.15) is 21.9 Å². The molecule has 116 valence electrons. The number of methoxy groups -OCH3 is 1. The van der Waals surface area contributed by atoms with E-state index in [9.17, 15) is 4.79 Å². The maximum atomic E-state index is 12.3. The van der Waals surface area contributed by atoms with Crippen molar-refractivity contribution in [1.29, 1.82) is 0 Å². The van der Waals surface area contributed by atoms with E-state index >= 15 is 0 Å². The van der Waals surface area contributed by atoms with Crippen LogP contribution in [0.15, 0.2) is 58.0 Å². The van der Waals surface area contributed by atoms with Crippen LogP contribution in [0.3, 0.4) is 0 Å². The third kappa shape index (κ3) is 3.23. The number of carbonyl (C=O) groups excluding carboxylic acids is 1. The zero-order chi connectivity index (χ0) is 16.2. The molecule has 1 heterocycles. The van der Waals surface area contributed by atoms with Crippen molar-refractivity contribution in [3.8, 4) is 5.75 Å². The van der Waals surface area contributed by atoms with Crippen LogP contribution in [0.4, 0.5) is 0 Å². The van der Waals surface area contributed by atoms with Gasteiger partial charge in [0.15, 0.2) is 0 Å². The summed E-state index contributed by atoms with van der Waals surface area (Å²) >= 11 is 0. The normalized spacial score (nSPS) is 11.0. The van der Waals surface area contributed by atoms with Gasteiger partial charge in [-0.15, -0.1) is 0 Å². The summed E-state index contributed by atoms with van der Waals surface area (Å²) < 4.78 is 10.7. The summed E-state index contributed by atoms with van der Waals surface area (Å²) in [7, 11) is 1.54. The highest BCUT2D eigenvalue weighted by molar-refractivity contribution is 6.01. The van der Waals surface area contributed by atoms with Crippen molar-refractivity contribution in [3.05, 3.63) is 65.6 Å². The SMILES string of the molecule is COc1cc2ccccc2cc1C(=O)N/N=C/c1ccc(C)o1. The van der Waals surface area contributed by atoms with Crippen LogP contribution in [0, 0.1) is 6.92 Å². The van der Waals surface area contributed by atoms with Crippen LogP contribution in [0.5, 0.6) is 5.75 Å². The predicted molar refractivity (Wildman–Crippen MR) is 89.0 cm³/mol. The number of furan rings is 1. The number of ether oxygens (including phenoxy) is 1. The molecule has 0 bridgehead atoms. The van der Waals surface area contributed by atoms with Crippen molar-refractivity contribution in [2.45, 2.75) is 6.92 Å². The van der Waals surface area contributed by atoms with Crippen molar-refractivity contribution >= 4 is 22.9 Å². The molecular weight excluding hydrogens is 292 g/mol. The van der Waals surface area contributed by atoms with Gasteiger partial charge in [-0.25, -0.2) is 5.43 Å². The summed E-state index contributed by atoms with van der Waals surface area (Å²) in [6, 6.07) is 15.0. The Morgan fingerprint density at radius 3 is 2.57 bits per heavy atom. The number of nitrogens with zero attached hydrogens (tertiary/aromatic N) is 1. The molecule has 0 spiro atoms. The minimum Gasteiger partial charge on any atom is -0.496 e. The van der Waals surface area contributed by atoms with E-state index in [0.717, 1.165) is 16.5 Å². The molecule has 0 radical (unpaired) electrons. The molecule has 0 aliphatic rings. The van der Waals surface area contributed by atoms with Crippen molar-refractivity contribution in [1.82, 2.24) is 5.43 Å². The molecule has 0 saturated heterocycles. The van der Waals surface area contributed by atoms with Gasteiger partial charge in [0.05, 0.1) is 18.9 Å². The Labute approximate surface area is 133 Å². The topological polar surface area (TPSA) is 63.8 Å². The van der Waals surface area contributed by atoms with Crippen LogP contribution in [-0.4, -0.2) is 19.2 Å². The molecule has 3 aromatic rings. The van der Waals surface area contributed by atoms with E-state index in [4.69, 9.17) is 9.15 Å². The van der Waals surface area contributed by atoms with Crippen LogP contribution in [-0.2, 0) is 0 Å². The lowest BCUT2D eigenvalue weighted by Crippen LogP contribution is -2.18. The Bertz CT molecular complexity index is 881. The summed E-state index contributed by atoms with van der Waals surface area (Å²) in [6.07, 6.45) is 1.46. The number of benzene rings is 2. The zero-order valence-corrected chi connectivity index (χ0v) is 12.9. The number of hydrazone groups is 1. The van der Waals surface area contributed by atoms with E-state index in [2.05, 4.69) is 10.5 Å². The molecule has 0 aliphatic carbocycles. The molecule has 5 nitrogen and oxygen atoms in total. The first kappa shape index (κ1) is 14.8. The Hall–Kier alpha value is -3.08. The fraction of sp³-hybridized carbons (Fsp3) is 0.111. The van der Waals surface area contributed by atoms with Gasteiger partial charge in [0, 0.05) is 0 Å². The monoisotopic (exact) mass is 308 g/mol. The predicted octanol–water partition coefficient (Wildman–Crippen LogP) is 3.51. The first-order valence-corrected chi connectivity index (χ1v) is 7.14. The Kier molecular flexibility index (Phi) is 4.10. The molecule has 5 heteroatoms. The molecule has 0 unspecified atom stereocenters. The van der Waals surface area contributed by atoms with E-state index in [-0.39, 0.29) is 5.91 Å². The molecular formula is C18H16N2O3. The van der Waals surface area contributed by atoms with Gasteiger partial charge in [-0.3, -0.25) is 4.79 Å². The quantitative estimate of drug-likeness (QED) is 0.592. The smallest absolute Gasteiger partial charge is 0.275 e. The number of rotatable bonds is 4. The van der Waals surface area contributed by atoms with E-state index < -0.39 is 0 Å². The molecule has 1 N–H and O–H groups in total. The third-order valence-corrected chi connectivity index (χ3v) is 3.43. The molecule has 1 amide bonds. The van der Waals surface area contributed by atoms with Gasteiger partial charge in [-0.05, 0) is 42.0 Å². The highest BCUT2D eigenvalue weighted by atomic mass is 16.5. The average Bonchev–Trinajstić information content (AvgIpc) is 2.98. The van der Waals surface area contributed by atoms with Gasteiger partial charge in [0.1, 0.15) is 17.3 Å². The molecule has 3 rings (SSSR count). The summed E-state index contributed by atoms with van der Waals surface area (Å²) in [6.45, 7) is 1.84. The molecule has 1 aromatic heterocycles. The first-order valence-electron chi connectivity index (χ1n) is 7.14. The van der Waals surface area contributed by atoms with Gasteiger partial charge in [0.2, 0.25) is 0 Å². The number of amides is 1. The van der Waals surface area contributed by atoms with Crippen molar-refractivity contribution in [2.75, 3.05) is 7.11 Å². The highest BCUT2D eigenvalue weighted by Gasteiger charge is 2.13. The van der Waals surface area contributed by atoms with E-state index in [1.54, 1.807) is 12.1 Å². The number of aryl methyl sites for hydroxylation is 1. The van der Waals surface area contributed by atoms with E-state index in [1.807, 2.05) is 43.3 Å². The Morgan fingerprint density at radius 2 is 1.91 bits per heavy atom. The first-order chi connectivity index (χ1) is 11.2. The molecule has 0 saturated carbocycles. The number of nitrogens with one attached hydrogen (secondary N) is 1. The van der Waals surface area contributed by atoms with Crippen LogP contribution in [0.25, 0.3) is 10.8 Å². The van der Waals surface area contributed by atoms with Crippen LogP contribution in [0.2, 0.25) is 0 Å². The van der Waals surface area contributed by atoms with Gasteiger partial charge >= 0.3 is 0 Å². The van der Waals surface area contributed by atoms with Crippen LogP contribution < -0.4 is 10.2 Å². The highest BCUT2D eigenvalue weighted by Crippen LogP contribution is 2.25. The lowest BCUT2D eigenvalue weighted by Gasteiger charge is -2.09. The summed E-state index contributed by atoms with van der Waals surface area (Å²) in [5, 5.41) is 5.88. The third-order valence-electron chi connectivity index (χ3n) is 3.43. The minimum atomic E-state index is -0.341. The second kappa shape index (κ2) is 6.36. The molecule has 0 aliphatic heterocycles. The molecule has 0 atom stereocenters. The van der Waals surface area contributed by atoms with Crippen molar-refractivity contribution < 1.29 is 13.9 Å². The van der Waals surface area contributed by atoms with Gasteiger partial charge in [0.25, 0.3) is 5.91 Å². The summed E-state index contributed by atoms with van der Waals surface area (Å²) in [5.74, 6) is 1.53. The Balaban J connectivity index is 1.83. The fourth-order valence-electron chi connectivity index (χ4n) is 2.30. The lowest BCUT2D eigenvalue weighted by molar-refractivity contribution is 0.0952. The lowest BCUT2D eigenvalue weighted by atomic mass is 10.1. The number of hydrogen-bond acceptors (Lipinski definition) is 4. The Morgan fingerprint density at radius 1 is 1.17 bits per heavy atom. The fourth-order valence-corrected chi connectivity index (χ4v) is 2.30. The maximum absolute atomic E-state index is 12.3. The van der Waals surface area contributed by atoms with Gasteiger partial charge in [-0.1, -0.05) is 24.3 Å². The number of hydrogen-bond donors (Lipinski definition) is 1. The second-order valence-corrected chi connectivity index (χ2v) is 5.05. The van der Waals surface area contributed by atoms with E-state index in [1.165, 1.54) is 13.3 Å². The zero-order valence-electron chi connectivity index (χ0n) is 12.9. The van der Waals surface area contributed by atoms with Crippen molar-refractivity contribution in [2.24, 2.45) is 5.10 Å². The van der Waals surface area contributed by atoms with Gasteiger partial charge in [-0.2, -0.15) is 5.10 Å². The van der Waals surface area contributed by atoms with E-state index in [0.29, 0.717) is 17.1 Å². The van der Waals surface area contributed by atoms with Crippen molar-refractivity contribution in [3.63, 3.8) is 0 Å². The molecule has 23 heavy (non-hydrogen) atoms.